The minimum atomic E-state index is 0.542. The number of benzene rings is 1. The Bertz CT molecular complexity index is 568. The first-order valence-corrected chi connectivity index (χ1v) is 8.74. The van der Waals surface area contributed by atoms with Crippen LogP contribution in [-0.2, 0) is 4.74 Å². The Morgan fingerprint density at radius 3 is 1.96 bits per heavy atom. The fourth-order valence-electron chi connectivity index (χ4n) is 2.27. The summed E-state index contributed by atoms with van der Waals surface area (Å²) in [6, 6.07) is 8.50. The van der Waals surface area contributed by atoms with Crippen LogP contribution in [0, 0.1) is 5.92 Å². The van der Waals surface area contributed by atoms with Gasteiger partial charge in [0.05, 0.1) is 0 Å². The van der Waals surface area contributed by atoms with Gasteiger partial charge in [-0.25, -0.2) is 0 Å². The van der Waals surface area contributed by atoms with E-state index in [2.05, 4.69) is 58.2 Å². The van der Waals surface area contributed by atoms with Crippen LogP contribution in [0.4, 0.5) is 0 Å². The Balaban J connectivity index is 0.00000127. The lowest BCUT2D eigenvalue weighted by atomic mass is 10.0. The molecule has 1 aromatic rings. The highest BCUT2D eigenvalue weighted by Crippen LogP contribution is 2.41. The molecule has 0 N–H and O–H groups in total. The first-order valence-electron chi connectivity index (χ1n) is 8.74. The second-order valence-corrected chi connectivity index (χ2v) is 6.35. The average Bonchev–Trinajstić information content (AvgIpc) is 3.38. The Labute approximate surface area is 142 Å². The minimum absolute atomic E-state index is 0.542. The van der Waals surface area contributed by atoms with E-state index in [1.54, 1.807) is 0 Å². The fourth-order valence-corrected chi connectivity index (χ4v) is 2.27. The monoisotopic (exact) mass is 312 g/mol. The SMILES string of the molecule is C=C(C)/C(C)=C(/OC(=C)c1ccc(C(C)C)cc1)C1CC1.CC. The van der Waals surface area contributed by atoms with Gasteiger partial charge >= 0.3 is 0 Å². The maximum absolute atomic E-state index is 6.11. The van der Waals surface area contributed by atoms with E-state index in [-0.39, 0.29) is 0 Å². The molecule has 1 aromatic carbocycles. The van der Waals surface area contributed by atoms with Gasteiger partial charge in [0.1, 0.15) is 11.5 Å². The molecule has 0 unspecified atom stereocenters. The van der Waals surface area contributed by atoms with Crippen molar-refractivity contribution in [1.29, 1.82) is 0 Å². The maximum Gasteiger partial charge on any atom is 0.127 e. The molecule has 126 valence electrons. The Morgan fingerprint density at radius 1 is 1.04 bits per heavy atom. The summed E-state index contributed by atoms with van der Waals surface area (Å²) in [5.74, 6) is 2.88. The van der Waals surface area contributed by atoms with Gasteiger partial charge in [0.25, 0.3) is 0 Å². The number of ether oxygens (including phenoxy) is 1. The lowest BCUT2D eigenvalue weighted by Crippen LogP contribution is -1.99. The van der Waals surface area contributed by atoms with Gasteiger partial charge in [-0.1, -0.05) is 70.7 Å². The van der Waals surface area contributed by atoms with E-state index in [0.29, 0.717) is 11.8 Å². The third-order valence-electron chi connectivity index (χ3n) is 4.09. The Hall–Kier alpha value is -1.76. The summed E-state index contributed by atoms with van der Waals surface area (Å²) in [7, 11) is 0. The molecule has 0 amide bonds. The van der Waals surface area contributed by atoms with Crippen molar-refractivity contribution in [2.45, 2.75) is 60.3 Å². The van der Waals surface area contributed by atoms with Crippen LogP contribution < -0.4 is 0 Å². The zero-order valence-electron chi connectivity index (χ0n) is 15.7. The average molecular weight is 312 g/mol. The van der Waals surface area contributed by atoms with Crippen molar-refractivity contribution >= 4 is 5.76 Å². The van der Waals surface area contributed by atoms with E-state index in [9.17, 15) is 0 Å². The molecule has 0 spiro atoms. The van der Waals surface area contributed by atoms with Crippen LogP contribution in [0.3, 0.4) is 0 Å². The lowest BCUT2D eigenvalue weighted by Gasteiger charge is -2.16. The smallest absolute Gasteiger partial charge is 0.127 e. The van der Waals surface area contributed by atoms with Crippen LogP contribution in [0.15, 0.2) is 54.3 Å². The van der Waals surface area contributed by atoms with Crippen LogP contribution in [0.2, 0.25) is 0 Å². The summed E-state index contributed by atoms with van der Waals surface area (Å²) in [4.78, 5) is 0. The molecule has 1 nitrogen and oxygen atoms in total. The van der Waals surface area contributed by atoms with Gasteiger partial charge < -0.3 is 4.74 Å². The van der Waals surface area contributed by atoms with Crippen LogP contribution in [0.25, 0.3) is 5.76 Å². The first-order chi connectivity index (χ1) is 10.9. The zero-order chi connectivity index (χ0) is 17.6. The van der Waals surface area contributed by atoms with Crippen LogP contribution >= 0.6 is 0 Å². The van der Waals surface area contributed by atoms with Crippen molar-refractivity contribution in [3.05, 3.63) is 65.5 Å². The third kappa shape index (κ3) is 5.42. The highest BCUT2D eigenvalue weighted by Gasteiger charge is 2.30. The van der Waals surface area contributed by atoms with E-state index in [1.165, 1.54) is 18.4 Å². The van der Waals surface area contributed by atoms with E-state index >= 15 is 0 Å². The zero-order valence-corrected chi connectivity index (χ0v) is 15.7. The van der Waals surface area contributed by atoms with E-state index in [4.69, 9.17) is 4.74 Å². The highest BCUT2D eigenvalue weighted by molar-refractivity contribution is 5.59. The summed E-state index contributed by atoms with van der Waals surface area (Å²) in [5.41, 5.74) is 4.62. The van der Waals surface area contributed by atoms with Gasteiger partial charge in [-0.15, -0.1) is 0 Å². The summed E-state index contributed by atoms with van der Waals surface area (Å²) in [6.07, 6.45) is 2.42. The normalized spacial score (nSPS) is 14.6. The van der Waals surface area contributed by atoms with Crippen molar-refractivity contribution in [1.82, 2.24) is 0 Å². The second-order valence-electron chi connectivity index (χ2n) is 6.35. The molecule has 1 saturated carbocycles. The van der Waals surface area contributed by atoms with Gasteiger partial charge in [-0.3, -0.25) is 0 Å². The summed E-state index contributed by atoms with van der Waals surface area (Å²) < 4.78 is 6.11. The van der Waals surface area contributed by atoms with Crippen LogP contribution in [0.1, 0.15) is 71.4 Å². The molecule has 1 aliphatic rings. The molecule has 1 heteroatoms. The number of rotatable bonds is 6. The number of allylic oxidation sites excluding steroid dienone is 3. The van der Waals surface area contributed by atoms with Crippen molar-refractivity contribution in [3.63, 3.8) is 0 Å². The molecule has 0 radical (unpaired) electrons. The van der Waals surface area contributed by atoms with Crippen molar-refractivity contribution in [2.24, 2.45) is 5.92 Å². The highest BCUT2D eigenvalue weighted by atomic mass is 16.5. The van der Waals surface area contributed by atoms with Crippen molar-refractivity contribution in [3.8, 4) is 0 Å². The minimum Gasteiger partial charge on any atom is -0.461 e. The van der Waals surface area contributed by atoms with Gasteiger partial charge in [0.2, 0.25) is 0 Å². The molecule has 2 rings (SSSR count). The first kappa shape index (κ1) is 19.3. The van der Waals surface area contributed by atoms with E-state index in [1.807, 2.05) is 20.8 Å². The predicted molar refractivity (Wildman–Crippen MR) is 102 cm³/mol. The molecule has 23 heavy (non-hydrogen) atoms. The lowest BCUT2D eigenvalue weighted by molar-refractivity contribution is 0.350. The molecule has 1 aliphatic carbocycles. The van der Waals surface area contributed by atoms with Crippen LogP contribution in [-0.4, -0.2) is 0 Å². The van der Waals surface area contributed by atoms with Gasteiger partial charge in [0, 0.05) is 11.5 Å². The van der Waals surface area contributed by atoms with Gasteiger partial charge in [0.15, 0.2) is 0 Å². The van der Waals surface area contributed by atoms with Gasteiger partial charge in [-0.2, -0.15) is 0 Å². The number of hydrogen-bond acceptors (Lipinski definition) is 1. The molecule has 0 aliphatic heterocycles. The van der Waals surface area contributed by atoms with Crippen molar-refractivity contribution < 1.29 is 4.74 Å². The van der Waals surface area contributed by atoms with E-state index in [0.717, 1.165) is 28.2 Å². The molecule has 0 atom stereocenters. The van der Waals surface area contributed by atoms with Crippen LogP contribution in [0.5, 0.6) is 0 Å². The topological polar surface area (TPSA) is 9.23 Å². The Morgan fingerprint density at radius 2 is 1.57 bits per heavy atom. The molecule has 0 aromatic heterocycles. The standard InChI is InChI=1S/C20H26O.C2H6/c1-13(2)15(5)20(19-11-12-19)21-16(6)18-9-7-17(8-10-18)14(3)4;1-2/h7-10,14,19H,1,6,11-12H2,2-5H3;1-2H3/b20-15+;. The quantitative estimate of drug-likeness (QED) is 0.402. The second kappa shape index (κ2) is 8.76. The summed E-state index contributed by atoms with van der Waals surface area (Å²) in [5, 5.41) is 0. The van der Waals surface area contributed by atoms with E-state index < -0.39 is 0 Å². The third-order valence-corrected chi connectivity index (χ3v) is 4.09. The predicted octanol–water partition coefficient (Wildman–Crippen LogP) is 7.08. The van der Waals surface area contributed by atoms with Gasteiger partial charge in [-0.05, 0) is 43.7 Å². The molecular weight excluding hydrogens is 280 g/mol. The summed E-state index contributed by atoms with van der Waals surface area (Å²) >= 11 is 0. The molecular formula is C22H32O. The molecule has 0 bridgehead atoms. The molecule has 1 fully saturated rings. The summed E-state index contributed by atoms with van der Waals surface area (Å²) in [6.45, 7) is 20.6. The Kier molecular flexibility index (Phi) is 7.35. The molecule has 0 saturated heterocycles. The number of hydrogen-bond donors (Lipinski definition) is 0. The van der Waals surface area contributed by atoms with Crippen molar-refractivity contribution in [2.75, 3.05) is 0 Å². The fraction of sp³-hybridized carbons (Fsp3) is 0.455. The maximum atomic E-state index is 6.11. The molecule has 0 heterocycles. The largest absolute Gasteiger partial charge is 0.461 e.